The number of hydrogen-bond acceptors (Lipinski definition) is 8. The molecule has 20 heavy (non-hydrogen) atoms. The number of carbonyl (C=O) groups excluding carboxylic acids is 2. The molecule has 0 amide bonds. The van der Waals surface area contributed by atoms with Gasteiger partial charge in [0.15, 0.2) is 0 Å². The van der Waals surface area contributed by atoms with Crippen LogP contribution in [0.25, 0.3) is 0 Å². The van der Waals surface area contributed by atoms with Crippen LogP contribution in [0.4, 0.5) is 0 Å². The number of carboxylic acid groups (broad SMARTS) is 3. The molecule has 0 spiro atoms. The maximum absolute atomic E-state index is 9.88. The molecular weight excluding hydrogens is 334 g/mol. The van der Waals surface area contributed by atoms with Gasteiger partial charge in [0.1, 0.15) is 0 Å². The van der Waals surface area contributed by atoms with E-state index in [9.17, 15) is 24.6 Å². The Kier molecular flexibility index (Phi) is 32.7. The Morgan fingerprint density at radius 2 is 1.40 bits per heavy atom. The van der Waals surface area contributed by atoms with Gasteiger partial charge in [0, 0.05) is 18.2 Å². The average molecular weight is 349 g/mol. The Morgan fingerprint density at radius 1 is 1.05 bits per heavy atom. The molecule has 0 aliphatic carbocycles. The van der Waals surface area contributed by atoms with Crippen molar-refractivity contribution in [3.05, 3.63) is 0 Å². The molecule has 0 saturated carbocycles. The summed E-state index contributed by atoms with van der Waals surface area (Å²) in [6, 6.07) is -2.10. The molecule has 5 N–H and O–H groups in total. The van der Waals surface area contributed by atoms with E-state index in [1.807, 2.05) is 0 Å². The molecule has 0 bridgehead atoms. The number of rotatable bonds is 6. The molecule has 0 aliphatic heterocycles. The third-order valence-electron chi connectivity index (χ3n) is 1.47. The van der Waals surface area contributed by atoms with Crippen molar-refractivity contribution in [1.82, 2.24) is 0 Å². The first-order valence-corrected chi connectivity index (χ1v) is 5.11. The van der Waals surface area contributed by atoms with Crippen LogP contribution in [0.3, 0.4) is 0 Å². The van der Waals surface area contributed by atoms with E-state index in [0.717, 1.165) is 0 Å². The van der Waals surface area contributed by atoms with Gasteiger partial charge in [-0.3, -0.25) is 4.79 Å². The minimum atomic E-state index is -1.42. The number of carboxylic acids is 3. The first kappa shape index (κ1) is 32.8. The quantitative estimate of drug-likeness (QED) is 0.271. The molecule has 0 rings (SSSR count). The van der Waals surface area contributed by atoms with Gasteiger partial charge in [0.05, 0.1) is 18.0 Å². The van der Waals surface area contributed by atoms with Crippen molar-refractivity contribution < 1.29 is 88.8 Å². The summed E-state index contributed by atoms with van der Waals surface area (Å²) in [5.41, 5.74) is 9.82. The summed E-state index contributed by atoms with van der Waals surface area (Å²) in [5.74, 6) is -3.60. The Bertz CT molecular complexity index is 288. The van der Waals surface area contributed by atoms with Crippen molar-refractivity contribution in [2.45, 2.75) is 24.9 Å². The summed E-state index contributed by atoms with van der Waals surface area (Å²) < 4.78 is 0. The van der Waals surface area contributed by atoms with Crippen LogP contribution in [0.1, 0.15) is 12.8 Å². The van der Waals surface area contributed by atoms with Gasteiger partial charge in [-0.05, 0) is 6.42 Å². The van der Waals surface area contributed by atoms with Gasteiger partial charge in [0.2, 0.25) is 0 Å². The van der Waals surface area contributed by atoms with E-state index >= 15 is 0 Å². The molecule has 12 heteroatoms. The molecule has 0 saturated heterocycles. The molecule has 0 unspecified atom stereocenters. The number of aliphatic carboxylic acids is 3. The standard InChI is InChI=1S/C5H9NO4.C3H7NO2S.ClH.2Na/c6-3(5(9)10)1-2-4(7)8;4-2(1-7)3(5)6;;;/h3H,1-2,6H2,(H,7,8)(H,9,10);2,7H,1,4H2,(H,5,6);1H;;/q;;;2*+1/p-2/t3-;2-;;;/m00.../s1. The van der Waals surface area contributed by atoms with Gasteiger partial charge in [-0.2, -0.15) is 12.6 Å². The molecule has 0 aromatic carbocycles. The summed E-state index contributed by atoms with van der Waals surface area (Å²) in [6.07, 6.45) is -0.327. The predicted molar refractivity (Wildman–Crippen MR) is 63.9 cm³/mol. The van der Waals surface area contributed by atoms with E-state index < -0.39 is 30.0 Å². The van der Waals surface area contributed by atoms with Crippen molar-refractivity contribution in [3.63, 3.8) is 0 Å². The van der Waals surface area contributed by atoms with Crippen molar-refractivity contribution >= 4 is 42.9 Å². The zero-order chi connectivity index (χ0) is 14.0. The topological polar surface area (TPSA) is 170 Å². The minimum absolute atomic E-state index is 0. The van der Waals surface area contributed by atoms with Crippen molar-refractivity contribution in [1.29, 1.82) is 0 Å². The second-order valence-corrected chi connectivity index (χ2v) is 3.33. The summed E-state index contributed by atoms with van der Waals surface area (Å²) >= 11 is 3.61. The number of nitrogens with two attached hydrogens (primary N) is 2. The van der Waals surface area contributed by atoms with Crippen LogP contribution >= 0.6 is 25.0 Å². The molecule has 108 valence electrons. The second kappa shape index (κ2) is 20.0. The van der Waals surface area contributed by atoms with Crippen molar-refractivity contribution in [2.24, 2.45) is 11.5 Å². The van der Waals surface area contributed by atoms with Gasteiger partial charge in [-0.25, -0.2) is 0 Å². The molecule has 0 aliphatic rings. The van der Waals surface area contributed by atoms with Crippen LogP contribution in [0.5, 0.6) is 0 Å². The summed E-state index contributed by atoms with van der Waals surface area (Å²) in [4.78, 5) is 29.4. The number of thiol groups is 1. The van der Waals surface area contributed by atoms with Crippen LogP contribution in [0, 0.1) is 0 Å². The zero-order valence-electron chi connectivity index (χ0n) is 11.3. The second-order valence-electron chi connectivity index (χ2n) is 2.97. The number of hydrogen-bond donors (Lipinski definition) is 4. The molecule has 0 fully saturated rings. The molecule has 0 heterocycles. The van der Waals surface area contributed by atoms with Crippen molar-refractivity contribution in [3.8, 4) is 0 Å². The van der Waals surface area contributed by atoms with E-state index in [0.29, 0.717) is 0 Å². The first-order chi connectivity index (χ1) is 7.72. The predicted octanol–water partition coefficient (Wildman–Crippen LogP) is -9.65. The van der Waals surface area contributed by atoms with Crippen molar-refractivity contribution in [2.75, 3.05) is 5.75 Å². The van der Waals surface area contributed by atoms with Crippen LogP contribution in [0.2, 0.25) is 0 Å². The Labute approximate surface area is 172 Å². The van der Waals surface area contributed by atoms with Gasteiger partial charge in [0.25, 0.3) is 0 Å². The Balaban J connectivity index is -0.0000000681. The normalized spacial score (nSPS) is 10.9. The van der Waals surface area contributed by atoms with Crippen LogP contribution < -0.4 is 80.8 Å². The van der Waals surface area contributed by atoms with E-state index in [4.69, 9.17) is 16.6 Å². The molecule has 0 radical (unpaired) electrons. The summed E-state index contributed by atoms with van der Waals surface area (Å²) in [5, 5.41) is 27.6. The van der Waals surface area contributed by atoms with E-state index in [1.54, 1.807) is 0 Å². The Hall–Kier alpha value is 0.970. The van der Waals surface area contributed by atoms with Gasteiger partial charge in [-0.15, -0.1) is 12.4 Å². The number of carbonyl (C=O) groups is 3. The first-order valence-electron chi connectivity index (χ1n) is 4.47. The molecule has 8 nitrogen and oxygen atoms in total. The molecule has 0 aromatic heterocycles. The third-order valence-corrected chi connectivity index (χ3v) is 1.86. The SMILES string of the molecule is Cl.N[C@@H](CCC(=O)O)C(=O)[O-].N[C@@H](CS)C(=O)[O-].[Na+].[Na+]. The van der Waals surface area contributed by atoms with Gasteiger partial charge >= 0.3 is 65.1 Å². The molecular formula is C8H15ClN2Na2O6S. The van der Waals surface area contributed by atoms with E-state index in [2.05, 4.69) is 12.6 Å². The summed E-state index contributed by atoms with van der Waals surface area (Å²) in [7, 11) is 0. The smallest absolute Gasteiger partial charge is 0.548 e. The maximum atomic E-state index is 9.88. The average Bonchev–Trinajstić information content (AvgIpc) is 2.24. The largest absolute Gasteiger partial charge is 1.00 e. The number of halogens is 1. The van der Waals surface area contributed by atoms with E-state index in [-0.39, 0.29) is 90.1 Å². The van der Waals surface area contributed by atoms with E-state index in [1.165, 1.54) is 0 Å². The molecule has 0 aromatic rings. The van der Waals surface area contributed by atoms with Gasteiger partial charge < -0.3 is 36.4 Å². The zero-order valence-corrected chi connectivity index (χ0v) is 17.0. The fourth-order valence-electron chi connectivity index (χ4n) is 0.471. The third kappa shape index (κ3) is 24.0. The minimum Gasteiger partial charge on any atom is -0.548 e. The monoisotopic (exact) mass is 348 g/mol. The Morgan fingerprint density at radius 3 is 1.55 bits per heavy atom. The van der Waals surface area contributed by atoms with Gasteiger partial charge in [-0.1, -0.05) is 0 Å². The van der Waals surface area contributed by atoms with Crippen LogP contribution in [-0.2, 0) is 14.4 Å². The maximum Gasteiger partial charge on any atom is 1.00 e. The fraction of sp³-hybridized carbons (Fsp3) is 0.625. The van der Waals surface area contributed by atoms with Crippen LogP contribution in [-0.4, -0.2) is 40.9 Å². The summed E-state index contributed by atoms with van der Waals surface area (Å²) in [6.45, 7) is 0. The fourth-order valence-corrected chi connectivity index (χ4v) is 0.620. The van der Waals surface area contributed by atoms with Crippen LogP contribution in [0.15, 0.2) is 0 Å². The molecule has 2 atom stereocenters.